The molecule has 2 rings (SSSR count). The van der Waals surface area contributed by atoms with Gasteiger partial charge < -0.3 is 25.4 Å². The van der Waals surface area contributed by atoms with E-state index in [-0.39, 0.29) is 11.9 Å². The predicted molar refractivity (Wildman–Crippen MR) is 107 cm³/mol. The number of carbonyl (C=O) groups is 1. The number of nitrogens with zero attached hydrogens (tertiary/aromatic N) is 1. The molecule has 9 atom stereocenters. The quantitative estimate of drug-likeness (QED) is 0.438. The first kappa shape index (κ1) is 23.2. The number of rotatable bonds is 7. The van der Waals surface area contributed by atoms with Crippen molar-refractivity contribution in [3.8, 4) is 0 Å². The van der Waals surface area contributed by atoms with Crippen molar-refractivity contribution in [1.29, 1.82) is 0 Å². The molecule has 0 aromatic carbocycles. The van der Waals surface area contributed by atoms with Crippen LogP contribution in [0.15, 0.2) is 0 Å². The zero-order valence-electron chi connectivity index (χ0n) is 16.4. The molecule has 1 amide bonds. The average Bonchev–Trinajstić information content (AvgIpc) is 2.99. The van der Waals surface area contributed by atoms with Gasteiger partial charge in [0.15, 0.2) is 0 Å². The van der Waals surface area contributed by atoms with Crippen LogP contribution in [0.1, 0.15) is 33.1 Å². The van der Waals surface area contributed by atoms with Crippen LogP contribution < -0.4 is 5.32 Å². The monoisotopic (exact) mass is 424 g/mol. The number of aliphatic hydroxyl groups is 3. The second-order valence-electron chi connectivity index (χ2n) is 7.73. The number of nitrogens with one attached hydrogen (secondary N) is 1. The second-order valence-corrected chi connectivity index (χ2v) is 9.36. The van der Waals surface area contributed by atoms with Crippen LogP contribution in [0.2, 0.25) is 0 Å². The maximum atomic E-state index is 12.9. The Kier molecular flexibility index (Phi) is 8.67. The number of alkyl halides is 1. The number of halogens is 1. The minimum Gasteiger partial charge on any atom is -0.388 e. The summed E-state index contributed by atoms with van der Waals surface area (Å²) in [7, 11) is 1.94. The zero-order valence-corrected chi connectivity index (χ0v) is 18.0. The van der Waals surface area contributed by atoms with Gasteiger partial charge in [-0.1, -0.05) is 13.3 Å². The number of amides is 1. The molecular weight excluding hydrogens is 392 g/mol. The number of hydrogen-bond acceptors (Lipinski definition) is 7. The molecule has 0 radical (unpaired) electrons. The number of carbonyl (C=O) groups excluding carboxylic acids is 1. The molecule has 7 nitrogen and oxygen atoms in total. The van der Waals surface area contributed by atoms with E-state index in [9.17, 15) is 20.1 Å². The molecule has 9 heteroatoms. The largest absolute Gasteiger partial charge is 0.388 e. The van der Waals surface area contributed by atoms with E-state index in [2.05, 4.69) is 12.2 Å². The lowest BCUT2D eigenvalue weighted by molar-refractivity contribution is -0.205. The van der Waals surface area contributed by atoms with Crippen molar-refractivity contribution in [3.05, 3.63) is 0 Å². The summed E-state index contributed by atoms with van der Waals surface area (Å²) in [6.45, 7) is 4.74. The molecule has 2 aliphatic rings. The Hall–Kier alpha value is -0.0900. The van der Waals surface area contributed by atoms with E-state index < -0.39 is 41.3 Å². The van der Waals surface area contributed by atoms with Crippen molar-refractivity contribution in [3.63, 3.8) is 0 Å². The topological polar surface area (TPSA) is 102 Å². The van der Waals surface area contributed by atoms with Crippen LogP contribution in [0, 0.1) is 5.92 Å². The van der Waals surface area contributed by atoms with Crippen molar-refractivity contribution >= 4 is 29.3 Å². The van der Waals surface area contributed by atoms with Crippen LogP contribution in [0.3, 0.4) is 0 Å². The van der Waals surface area contributed by atoms with Crippen LogP contribution in [0.5, 0.6) is 0 Å². The van der Waals surface area contributed by atoms with Gasteiger partial charge in [0.25, 0.3) is 0 Å². The molecule has 2 saturated heterocycles. The Labute approximate surface area is 170 Å². The highest BCUT2D eigenvalue weighted by Crippen LogP contribution is 2.31. The fourth-order valence-corrected chi connectivity index (χ4v) is 5.00. The molecule has 2 aliphatic heterocycles. The third-order valence-corrected chi connectivity index (χ3v) is 6.76. The number of ether oxygens (including phenoxy) is 1. The van der Waals surface area contributed by atoms with Crippen molar-refractivity contribution in [2.75, 3.05) is 19.8 Å². The van der Waals surface area contributed by atoms with Crippen LogP contribution in [0.25, 0.3) is 0 Å². The van der Waals surface area contributed by atoms with Gasteiger partial charge in [-0.25, -0.2) is 0 Å². The normalized spacial score (nSPS) is 39.9. The van der Waals surface area contributed by atoms with E-state index >= 15 is 0 Å². The molecule has 0 saturated carbocycles. The molecule has 2 heterocycles. The number of hydrogen-bond donors (Lipinski definition) is 4. The Bertz CT molecular complexity index is 498. The first-order chi connectivity index (χ1) is 12.7. The van der Waals surface area contributed by atoms with E-state index in [1.54, 1.807) is 13.2 Å². The van der Waals surface area contributed by atoms with Gasteiger partial charge in [0.05, 0.1) is 17.5 Å². The van der Waals surface area contributed by atoms with Gasteiger partial charge in [-0.05, 0) is 39.0 Å². The molecule has 0 aliphatic carbocycles. The molecule has 0 bridgehead atoms. The Morgan fingerprint density at radius 1 is 1.33 bits per heavy atom. The lowest BCUT2D eigenvalue weighted by Gasteiger charge is -2.44. The molecule has 0 unspecified atom stereocenters. The lowest BCUT2D eigenvalue weighted by Crippen LogP contribution is -2.65. The standard InChI is InChI=1S/C18H33ClN2O5S/c1-5-6-10-7-11(21(3)8-10)17(25)20-12(9(2)19)16-14(23)13(22)15(24)18(26-16)27-4/h9-16,18,22-24H,5-8H2,1-4H3,(H,20,25)/t9-,10+,11-,12+,13-,14+,15-,16-,18+/m0/s1. The number of aliphatic hydroxyl groups excluding tert-OH is 3. The highest BCUT2D eigenvalue weighted by molar-refractivity contribution is 7.99. The molecule has 0 spiro atoms. The Balaban J connectivity index is 2.09. The predicted octanol–water partition coefficient (Wildman–Crippen LogP) is 0.390. The van der Waals surface area contributed by atoms with Crippen LogP contribution in [-0.4, -0.2) is 93.3 Å². The highest BCUT2D eigenvalue weighted by Gasteiger charge is 2.48. The van der Waals surface area contributed by atoms with Crippen molar-refractivity contribution < 1.29 is 24.9 Å². The fraction of sp³-hybridized carbons (Fsp3) is 0.944. The first-order valence-electron chi connectivity index (χ1n) is 9.58. The van der Waals surface area contributed by atoms with Crippen molar-refractivity contribution in [2.24, 2.45) is 5.92 Å². The molecule has 27 heavy (non-hydrogen) atoms. The highest BCUT2D eigenvalue weighted by atomic mass is 35.5. The van der Waals surface area contributed by atoms with Gasteiger partial charge in [-0.3, -0.25) is 9.69 Å². The number of likely N-dealkylation sites (N-methyl/N-ethyl adjacent to an activating group) is 1. The van der Waals surface area contributed by atoms with Crippen molar-refractivity contribution in [1.82, 2.24) is 10.2 Å². The fourth-order valence-electron chi connectivity index (χ4n) is 4.11. The third-order valence-electron chi connectivity index (χ3n) is 5.63. The van der Waals surface area contributed by atoms with Gasteiger partial charge in [0.2, 0.25) is 5.91 Å². The van der Waals surface area contributed by atoms with Gasteiger partial charge in [0, 0.05) is 6.54 Å². The van der Waals surface area contributed by atoms with Crippen LogP contribution in [-0.2, 0) is 9.53 Å². The zero-order chi connectivity index (χ0) is 20.3. The van der Waals surface area contributed by atoms with E-state index in [0.717, 1.165) is 25.8 Å². The molecule has 0 aromatic heterocycles. The number of thioether (sulfide) groups is 1. The van der Waals surface area contributed by atoms with Crippen LogP contribution in [0.4, 0.5) is 0 Å². The van der Waals surface area contributed by atoms with Gasteiger partial charge >= 0.3 is 0 Å². The van der Waals surface area contributed by atoms with E-state index in [0.29, 0.717) is 5.92 Å². The molecule has 158 valence electrons. The van der Waals surface area contributed by atoms with E-state index in [1.165, 1.54) is 11.8 Å². The summed E-state index contributed by atoms with van der Waals surface area (Å²) in [5.74, 6) is 0.350. The summed E-state index contributed by atoms with van der Waals surface area (Å²) in [5.41, 5.74) is -0.702. The summed E-state index contributed by atoms with van der Waals surface area (Å²) >= 11 is 7.55. The van der Waals surface area contributed by atoms with Gasteiger partial charge in [-0.15, -0.1) is 23.4 Å². The van der Waals surface area contributed by atoms with Gasteiger partial charge in [0.1, 0.15) is 29.9 Å². The first-order valence-corrected chi connectivity index (χ1v) is 11.3. The minimum absolute atomic E-state index is 0.147. The second kappa shape index (κ2) is 10.1. The minimum atomic E-state index is -1.36. The molecule has 0 aromatic rings. The Morgan fingerprint density at radius 3 is 2.56 bits per heavy atom. The smallest absolute Gasteiger partial charge is 0.237 e. The lowest BCUT2D eigenvalue weighted by atomic mass is 9.92. The molecule has 4 N–H and O–H groups in total. The van der Waals surface area contributed by atoms with Gasteiger partial charge in [-0.2, -0.15) is 0 Å². The average molecular weight is 425 g/mol. The van der Waals surface area contributed by atoms with E-state index in [4.69, 9.17) is 16.3 Å². The summed E-state index contributed by atoms with van der Waals surface area (Å²) < 4.78 is 5.79. The van der Waals surface area contributed by atoms with E-state index in [1.807, 2.05) is 11.9 Å². The Morgan fingerprint density at radius 2 is 2.00 bits per heavy atom. The number of likely N-dealkylation sites (tertiary alicyclic amines) is 1. The maximum absolute atomic E-state index is 12.9. The summed E-state index contributed by atoms with van der Waals surface area (Å²) in [6.07, 6.45) is -0.0980. The van der Waals surface area contributed by atoms with Crippen molar-refractivity contribution in [2.45, 2.75) is 80.4 Å². The summed E-state index contributed by atoms with van der Waals surface area (Å²) in [5, 5.41) is 33.0. The SMILES string of the molecule is CCC[C@@H]1C[C@@H](C(=O)N[C@@H]([C@@H]2O[C@H](SC)[C@@H](O)[C@@H](O)[C@H]2O)[C@H](C)Cl)N(C)C1. The molecule has 2 fully saturated rings. The summed E-state index contributed by atoms with van der Waals surface area (Å²) in [4.78, 5) is 14.9. The summed E-state index contributed by atoms with van der Waals surface area (Å²) in [6, 6.07) is -0.934. The molecular formula is C18H33ClN2O5S. The van der Waals surface area contributed by atoms with Crippen LogP contribution >= 0.6 is 23.4 Å². The third kappa shape index (κ3) is 5.29. The maximum Gasteiger partial charge on any atom is 0.237 e.